The van der Waals surface area contributed by atoms with Gasteiger partial charge in [0.05, 0.1) is 0 Å². The van der Waals surface area contributed by atoms with E-state index in [9.17, 15) is 0 Å². The molecule has 0 aliphatic rings. The van der Waals surface area contributed by atoms with Crippen LogP contribution in [0.2, 0.25) is 0 Å². The fourth-order valence-electron chi connectivity index (χ4n) is 1.14. The first-order valence-electron chi connectivity index (χ1n) is 5.46. The Balaban J connectivity index is 3.07. The average Bonchev–Trinajstić information content (AvgIpc) is 2.10. The molecule has 0 bridgehead atoms. The van der Waals surface area contributed by atoms with Crippen molar-refractivity contribution in [2.75, 3.05) is 26.8 Å². The van der Waals surface area contributed by atoms with Crippen molar-refractivity contribution in [3.8, 4) is 0 Å². The third-order valence-corrected chi connectivity index (χ3v) is 2.39. The summed E-state index contributed by atoms with van der Waals surface area (Å²) >= 11 is 0. The van der Waals surface area contributed by atoms with Crippen molar-refractivity contribution in [2.24, 2.45) is 0 Å². The molecule has 0 aliphatic heterocycles. The predicted octanol–water partition coefficient (Wildman–Crippen LogP) is 2.53. The molecule has 0 aromatic rings. The molecule has 2 heteroatoms. The molecule has 0 fully saturated rings. The summed E-state index contributed by atoms with van der Waals surface area (Å²) in [6.45, 7) is 9.52. The molecule has 0 aliphatic carbocycles. The van der Waals surface area contributed by atoms with Gasteiger partial charge in [0.1, 0.15) is 0 Å². The van der Waals surface area contributed by atoms with Gasteiger partial charge in [0, 0.05) is 19.3 Å². The zero-order chi connectivity index (χ0) is 10.1. The van der Waals surface area contributed by atoms with Crippen molar-refractivity contribution in [1.82, 2.24) is 4.90 Å². The zero-order valence-electron chi connectivity index (χ0n) is 9.68. The second-order valence-electron chi connectivity index (χ2n) is 3.83. The molecule has 0 rings (SSSR count). The first kappa shape index (κ1) is 12.9. The molecule has 13 heavy (non-hydrogen) atoms. The highest BCUT2D eigenvalue weighted by Gasteiger charge is 2.01. The van der Waals surface area contributed by atoms with E-state index in [-0.39, 0.29) is 0 Å². The normalized spacial score (nSPS) is 11.5. The van der Waals surface area contributed by atoms with Gasteiger partial charge in [-0.2, -0.15) is 0 Å². The minimum absolute atomic E-state index is 0.673. The molecule has 0 amide bonds. The lowest BCUT2D eigenvalue weighted by Gasteiger charge is -2.20. The minimum Gasteiger partial charge on any atom is -0.382 e. The topological polar surface area (TPSA) is 12.5 Å². The molecule has 0 atom stereocenters. The first-order chi connectivity index (χ1) is 6.18. The molecule has 0 radical (unpaired) electrons. The maximum atomic E-state index is 5.27. The zero-order valence-corrected chi connectivity index (χ0v) is 9.68. The average molecular weight is 187 g/mol. The van der Waals surface area contributed by atoms with E-state index >= 15 is 0 Å². The predicted molar refractivity (Wildman–Crippen MR) is 58.1 cm³/mol. The van der Waals surface area contributed by atoms with Crippen molar-refractivity contribution in [3.63, 3.8) is 0 Å². The number of nitrogens with zero attached hydrogens (tertiary/aromatic N) is 1. The highest BCUT2D eigenvalue weighted by Crippen LogP contribution is 2.00. The van der Waals surface area contributed by atoms with E-state index in [2.05, 4.69) is 25.8 Å². The summed E-state index contributed by atoms with van der Waals surface area (Å²) < 4.78 is 5.27. The Kier molecular flexibility index (Phi) is 8.46. The summed E-state index contributed by atoms with van der Waals surface area (Å²) in [6.07, 6.45) is 3.79. The second kappa shape index (κ2) is 8.52. The molecule has 80 valence electrons. The highest BCUT2D eigenvalue weighted by molar-refractivity contribution is 4.56. The van der Waals surface area contributed by atoms with Gasteiger partial charge in [-0.15, -0.1) is 0 Å². The van der Waals surface area contributed by atoms with E-state index in [1.165, 1.54) is 25.8 Å². The Morgan fingerprint density at radius 1 is 1.15 bits per heavy atom. The lowest BCUT2D eigenvalue weighted by Crippen LogP contribution is -2.27. The van der Waals surface area contributed by atoms with Crippen molar-refractivity contribution < 1.29 is 4.74 Å². The molecule has 0 aromatic heterocycles. The molecule has 0 saturated heterocycles. The van der Waals surface area contributed by atoms with Crippen LogP contribution in [-0.4, -0.2) is 37.7 Å². The molecule has 0 saturated carbocycles. The number of rotatable bonds is 8. The van der Waals surface area contributed by atoms with Gasteiger partial charge < -0.3 is 9.64 Å². The van der Waals surface area contributed by atoms with E-state index in [0.717, 1.165) is 13.2 Å². The maximum Gasteiger partial charge on any atom is 0.0465 e. The number of ether oxygens (including phenoxy) is 1. The van der Waals surface area contributed by atoms with Crippen molar-refractivity contribution in [2.45, 2.75) is 46.1 Å². The Bertz CT molecular complexity index is 104. The Morgan fingerprint density at radius 2 is 1.85 bits per heavy atom. The summed E-state index contributed by atoms with van der Waals surface area (Å²) in [5.74, 6) is 0. The van der Waals surface area contributed by atoms with Crippen molar-refractivity contribution in [1.29, 1.82) is 0 Å². The van der Waals surface area contributed by atoms with Crippen LogP contribution >= 0.6 is 0 Å². The van der Waals surface area contributed by atoms with Crippen LogP contribution in [0.15, 0.2) is 0 Å². The molecular weight excluding hydrogens is 162 g/mol. The van der Waals surface area contributed by atoms with Crippen LogP contribution in [0.25, 0.3) is 0 Å². The third-order valence-electron chi connectivity index (χ3n) is 2.39. The molecule has 0 unspecified atom stereocenters. The van der Waals surface area contributed by atoms with Gasteiger partial charge >= 0.3 is 0 Å². The summed E-state index contributed by atoms with van der Waals surface area (Å²) in [7, 11) is 2.19. The minimum atomic E-state index is 0.673. The fourth-order valence-corrected chi connectivity index (χ4v) is 1.14. The Morgan fingerprint density at radius 3 is 2.38 bits per heavy atom. The lowest BCUT2D eigenvalue weighted by molar-refractivity contribution is 0.141. The summed E-state index contributed by atoms with van der Waals surface area (Å²) in [4.78, 5) is 2.39. The van der Waals surface area contributed by atoms with Crippen molar-refractivity contribution >= 4 is 0 Å². The summed E-state index contributed by atoms with van der Waals surface area (Å²) in [5.41, 5.74) is 0. The summed E-state index contributed by atoms with van der Waals surface area (Å²) in [5, 5.41) is 0. The van der Waals surface area contributed by atoms with Crippen LogP contribution in [-0.2, 0) is 4.74 Å². The van der Waals surface area contributed by atoms with Crippen molar-refractivity contribution in [3.05, 3.63) is 0 Å². The largest absolute Gasteiger partial charge is 0.382 e. The monoisotopic (exact) mass is 187 g/mol. The molecular formula is C11H25NO. The van der Waals surface area contributed by atoms with Crippen LogP contribution in [0.3, 0.4) is 0 Å². The fraction of sp³-hybridized carbons (Fsp3) is 1.00. The van der Waals surface area contributed by atoms with Gasteiger partial charge in [-0.25, -0.2) is 0 Å². The van der Waals surface area contributed by atoms with Crippen LogP contribution in [0, 0.1) is 0 Å². The van der Waals surface area contributed by atoms with Crippen LogP contribution in [0.1, 0.15) is 40.0 Å². The standard InChI is InChI=1S/C11H25NO/c1-5-13-10-8-6-7-9-12(4)11(2)3/h11H,5-10H2,1-4H3. The maximum absolute atomic E-state index is 5.27. The van der Waals surface area contributed by atoms with Crippen LogP contribution in [0.4, 0.5) is 0 Å². The molecule has 0 spiro atoms. The van der Waals surface area contributed by atoms with E-state index in [0.29, 0.717) is 6.04 Å². The Hall–Kier alpha value is -0.0800. The molecule has 0 aromatic carbocycles. The molecule has 2 nitrogen and oxygen atoms in total. The smallest absolute Gasteiger partial charge is 0.0465 e. The number of unbranched alkanes of at least 4 members (excludes halogenated alkanes) is 2. The van der Waals surface area contributed by atoms with Gasteiger partial charge in [0.2, 0.25) is 0 Å². The third kappa shape index (κ3) is 8.26. The Labute approximate surface area is 83.3 Å². The van der Waals surface area contributed by atoms with Gasteiger partial charge in [-0.3, -0.25) is 0 Å². The molecule has 0 N–H and O–H groups in total. The van der Waals surface area contributed by atoms with E-state index in [1.54, 1.807) is 0 Å². The number of hydrogen-bond donors (Lipinski definition) is 0. The van der Waals surface area contributed by atoms with Gasteiger partial charge in [0.25, 0.3) is 0 Å². The first-order valence-corrected chi connectivity index (χ1v) is 5.46. The van der Waals surface area contributed by atoms with Gasteiger partial charge in [-0.1, -0.05) is 0 Å². The van der Waals surface area contributed by atoms with Gasteiger partial charge in [-0.05, 0) is 53.6 Å². The van der Waals surface area contributed by atoms with Crippen LogP contribution in [0.5, 0.6) is 0 Å². The SMILES string of the molecule is CCOCCCCCN(C)C(C)C. The number of hydrogen-bond acceptors (Lipinski definition) is 2. The quantitative estimate of drug-likeness (QED) is 0.541. The van der Waals surface area contributed by atoms with E-state index < -0.39 is 0 Å². The molecule has 0 heterocycles. The van der Waals surface area contributed by atoms with E-state index in [4.69, 9.17) is 4.74 Å². The lowest BCUT2D eigenvalue weighted by atomic mass is 10.2. The van der Waals surface area contributed by atoms with E-state index in [1.807, 2.05) is 6.92 Å². The van der Waals surface area contributed by atoms with Crippen LogP contribution < -0.4 is 0 Å². The second-order valence-corrected chi connectivity index (χ2v) is 3.83. The summed E-state index contributed by atoms with van der Waals surface area (Å²) in [6, 6.07) is 0.673. The van der Waals surface area contributed by atoms with Gasteiger partial charge in [0.15, 0.2) is 0 Å². The highest BCUT2D eigenvalue weighted by atomic mass is 16.5.